The molecule has 1 aliphatic carbocycles. The van der Waals surface area contributed by atoms with Gasteiger partial charge in [0.1, 0.15) is 0 Å². The van der Waals surface area contributed by atoms with Crippen LogP contribution in [0.15, 0.2) is 0 Å². The summed E-state index contributed by atoms with van der Waals surface area (Å²) < 4.78 is 5.91. The van der Waals surface area contributed by atoms with Gasteiger partial charge in [0.2, 0.25) is 0 Å². The molecule has 0 radical (unpaired) electrons. The van der Waals surface area contributed by atoms with Crippen molar-refractivity contribution in [3.63, 3.8) is 0 Å². The number of nitrogens with one attached hydrogen (secondary N) is 1. The van der Waals surface area contributed by atoms with Crippen molar-refractivity contribution >= 4 is 0 Å². The molecule has 1 saturated carbocycles. The molecule has 1 N–H and O–H groups in total. The van der Waals surface area contributed by atoms with E-state index >= 15 is 0 Å². The van der Waals surface area contributed by atoms with Gasteiger partial charge in [0.05, 0.1) is 5.60 Å². The summed E-state index contributed by atoms with van der Waals surface area (Å²) in [4.78, 5) is 0. The Morgan fingerprint density at radius 3 is 2.35 bits per heavy atom. The van der Waals surface area contributed by atoms with Crippen molar-refractivity contribution in [3.8, 4) is 0 Å². The largest absolute Gasteiger partial charge is 0.377 e. The first-order chi connectivity index (χ1) is 8.29. The monoisotopic (exact) mass is 241 g/mol. The van der Waals surface area contributed by atoms with Crippen molar-refractivity contribution in [2.45, 2.75) is 83.3 Å². The second-order valence-corrected chi connectivity index (χ2v) is 5.44. The molecule has 0 spiro atoms. The Morgan fingerprint density at radius 1 is 1.12 bits per heavy atom. The number of methoxy groups -OCH3 is 1. The minimum absolute atomic E-state index is 0.141. The lowest BCUT2D eigenvalue weighted by Gasteiger charge is -2.37. The van der Waals surface area contributed by atoms with E-state index in [4.69, 9.17) is 4.74 Å². The summed E-state index contributed by atoms with van der Waals surface area (Å²) in [5.74, 6) is 0. The fourth-order valence-electron chi connectivity index (χ4n) is 3.24. The number of likely N-dealkylation sites (N-methyl/N-ethyl adjacent to an activating group) is 1. The third-order valence-corrected chi connectivity index (χ3v) is 4.29. The van der Waals surface area contributed by atoms with Gasteiger partial charge in [0.25, 0.3) is 0 Å². The lowest BCUT2D eigenvalue weighted by molar-refractivity contribution is -0.0379. The van der Waals surface area contributed by atoms with Gasteiger partial charge in [0.15, 0.2) is 0 Å². The SMILES string of the molecule is CCCCCCC(NCC)C1(OC)CCCC1. The van der Waals surface area contributed by atoms with E-state index in [0.717, 1.165) is 6.54 Å². The predicted molar refractivity (Wildman–Crippen MR) is 74.4 cm³/mol. The fourth-order valence-corrected chi connectivity index (χ4v) is 3.24. The van der Waals surface area contributed by atoms with Gasteiger partial charge in [-0.05, 0) is 25.8 Å². The molecular formula is C15H31NO. The fraction of sp³-hybridized carbons (Fsp3) is 1.00. The predicted octanol–water partition coefficient (Wildman–Crippen LogP) is 3.89. The second kappa shape index (κ2) is 8.10. The van der Waals surface area contributed by atoms with Crippen LogP contribution < -0.4 is 5.32 Å². The molecular weight excluding hydrogens is 210 g/mol. The molecule has 1 fully saturated rings. The Kier molecular flexibility index (Phi) is 7.14. The number of unbranched alkanes of at least 4 members (excludes halogenated alkanes) is 3. The topological polar surface area (TPSA) is 21.3 Å². The summed E-state index contributed by atoms with van der Waals surface area (Å²) >= 11 is 0. The maximum Gasteiger partial charge on any atom is 0.0830 e. The first-order valence-corrected chi connectivity index (χ1v) is 7.57. The van der Waals surface area contributed by atoms with Crippen LogP contribution in [0, 0.1) is 0 Å². The van der Waals surface area contributed by atoms with Gasteiger partial charge in [-0.1, -0.05) is 52.4 Å². The molecule has 17 heavy (non-hydrogen) atoms. The smallest absolute Gasteiger partial charge is 0.0830 e. The number of hydrogen-bond donors (Lipinski definition) is 1. The van der Waals surface area contributed by atoms with E-state index in [2.05, 4.69) is 19.2 Å². The second-order valence-electron chi connectivity index (χ2n) is 5.44. The van der Waals surface area contributed by atoms with Gasteiger partial charge in [-0.15, -0.1) is 0 Å². The summed E-state index contributed by atoms with van der Waals surface area (Å²) in [6, 6.07) is 0.567. The molecule has 0 heterocycles. The number of hydrogen-bond acceptors (Lipinski definition) is 2. The van der Waals surface area contributed by atoms with E-state index in [1.807, 2.05) is 7.11 Å². The number of ether oxygens (including phenoxy) is 1. The first-order valence-electron chi connectivity index (χ1n) is 7.57. The van der Waals surface area contributed by atoms with Crippen molar-refractivity contribution in [1.82, 2.24) is 5.32 Å². The maximum atomic E-state index is 5.91. The molecule has 0 aromatic heterocycles. The third-order valence-electron chi connectivity index (χ3n) is 4.29. The lowest BCUT2D eigenvalue weighted by Crippen LogP contribution is -2.50. The molecule has 2 nitrogen and oxygen atoms in total. The molecule has 0 aromatic rings. The summed E-state index contributed by atoms with van der Waals surface area (Å²) in [5, 5.41) is 3.67. The maximum absolute atomic E-state index is 5.91. The van der Waals surface area contributed by atoms with Crippen LogP contribution in [0.1, 0.15) is 71.6 Å². The van der Waals surface area contributed by atoms with Gasteiger partial charge in [0, 0.05) is 13.2 Å². The van der Waals surface area contributed by atoms with Crippen LogP contribution in [0.3, 0.4) is 0 Å². The van der Waals surface area contributed by atoms with Gasteiger partial charge < -0.3 is 10.1 Å². The van der Waals surface area contributed by atoms with E-state index in [-0.39, 0.29) is 5.60 Å². The third kappa shape index (κ3) is 4.26. The van der Waals surface area contributed by atoms with E-state index < -0.39 is 0 Å². The van der Waals surface area contributed by atoms with Gasteiger partial charge in [-0.25, -0.2) is 0 Å². The molecule has 0 aliphatic heterocycles. The molecule has 1 aliphatic rings. The van der Waals surface area contributed by atoms with Crippen molar-refractivity contribution in [1.29, 1.82) is 0 Å². The highest BCUT2D eigenvalue weighted by Crippen LogP contribution is 2.37. The molecule has 0 aromatic carbocycles. The van der Waals surface area contributed by atoms with Crippen molar-refractivity contribution in [3.05, 3.63) is 0 Å². The van der Waals surface area contributed by atoms with Crippen LogP contribution in [-0.4, -0.2) is 25.3 Å². The normalized spacial score (nSPS) is 20.6. The molecule has 1 atom stereocenters. The zero-order valence-electron chi connectivity index (χ0n) is 12.1. The Hall–Kier alpha value is -0.0800. The van der Waals surface area contributed by atoms with Crippen LogP contribution >= 0.6 is 0 Å². The lowest BCUT2D eigenvalue weighted by atomic mass is 9.88. The van der Waals surface area contributed by atoms with E-state index in [0.29, 0.717) is 6.04 Å². The van der Waals surface area contributed by atoms with Crippen molar-refractivity contribution in [2.24, 2.45) is 0 Å². The minimum atomic E-state index is 0.141. The molecule has 0 amide bonds. The highest BCUT2D eigenvalue weighted by Gasteiger charge is 2.40. The Bertz CT molecular complexity index is 187. The molecule has 0 bridgehead atoms. The summed E-state index contributed by atoms with van der Waals surface area (Å²) in [7, 11) is 1.90. The molecule has 2 heteroatoms. The highest BCUT2D eigenvalue weighted by molar-refractivity contribution is 4.96. The Balaban J connectivity index is 2.45. The van der Waals surface area contributed by atoms with E-state index in [1.54, 1.807) is 0 Å². The van der Waals surface area contributed by atoms with Crippen LogP contribution in [0.2, 0.25) is 0 Å². The van der Waals surface area contributed by atoms with Crippen molar-refractivity contribution < 1.29 is 4.74 Å². The van der Waals surface area contributed by atoms with Gasteiger partial charge in [-0.2, -0.15) is 0 Å². The average Bonchev–Trinajstić information content (AvgIpc) is 2.83. The van der Waals surface area contributed by atoms with E-state index in [9.17, 15) is 0 Å². The van der Waals surface area contributed by atoms with Gasteiger partial charge >= 0.3 is 0 Å². The zero-order valence-corrected chi connectivity index (χ0v) is 12.1. The van der Waals surface area contributed by atoms with Crippen molar-refractivity contribution in [2.75, 3.05) is 13.7 Å². The van der Waals surface area contributed by atoms with Gasteiger partial charge in [-0.3, -0.25) is 0 Å². The summed E-state index contributed by atoms with van der Waals surface area (Å²) in [5.41, 5.74) is 0.141. The first kappa shape index (κ1) is 15.0. The Morgan fingerprint density at radius 2 is 1.82 bits per heavy atom. The Labute approximate surface area is 108 Å². The molecule has 102 valence electrons. The minimum Gasteiger partial charge on any atom is -0.377 e. The van der Waals surface area contributed by atoms with Crippen LogP contribution in [0.25, 0.3) is 0 Å². The average molecular weight is 241 g/mol. The molecule has 1 unspecified atom stereocenters. The van der Waals surface area contributed by atoms with Crippen LogP contribution in [0.5, 0.6) is 0 Å². The standard InChI is InChI=1S/C15H31NO/c1-4-6-7-8-11-14(16-5-2)15(17-3)12-9-10-13-15/h14,16H,4-13H2,1-3H3. The molecule has 0 saturated heterocycles. The van der Waals surface area contributed by atoms with Crippen LogP contribution in [0.4, 0.5) is 0 Å². The highest BCUT2D eigenvalue weighted by atomic mass is 16.5. The quantitative estimate of drug-likeness (QED) is 0.618. The summed E-state index contributed by atoms with van der Waals surface area (Å²) in [6.45, 7) is 5.54. The van der Waals surface area contributed by atoms with Crippen LogP contribution in [-0.2, 0) is 4.74 Å². The number of rotatable bonds is 9. The zero-order chi connectivity index (χ0) is 12.6. The van der Waals surface area contributed by atoms with E-state index in [1.165, 1.54) is 57.8 Å². The molecule has 1 rings (SSSR count). The summed E-state index contributed by atoms with van der Waals surface area (Å²) in [6.07, 6.45) is 11.9.